The van der Waals surface area contributed by atoms with E-state index in [0.29, 0.717) is 0 Å². The molecule has 0 aliphatic carbocycles. The number of nitro groups is 1. The topological polar surface area (TPSA) is 80.4 Å². The van der Waals surface area contributed by atoms with Crippen LogP contribution in [0.25, 0.3) is 0 Å². The smallest absolute Gasteiger partial charge is 0.301 e. The molecule has 5 nitrogen and oxygen atoms in total. The van der Waals surface area contributed by atoms with Gasteiger partial charge in [0.1, 0.15) is 0 Å². The maximum atomic E-state index is 9.81. The molecule has 48 valence electrons. The summed E-state index contributed by atoms with van der Waals surface area (Å²) < 4.78 is 17.8. The van der Waals surface area contributed by atoms with Crippen LogP contribution in [-0.4, -0.2) is 19.1 Å². The third-order valence-electron chi connectivity index (χ3n) is 0.589. The Morgan fingerprint density at radius 2 is 2.25 bits per heavy atom. The van der Waals surface area contributed by atoms with Gasteiger partial charge in [0.15, 0.2) is 0 Å². The van der Waals surface area contributed by atoms with Crippen LogP contribution in [0.4, 0.5) is 0 Å². The van der Waals surface area contributed by atoms with Crippen LogP contribution in [0.3, 0.4) is 0 Å². The number of nitrogens with zero attached hydrogens (tertiary/aromatic N) is 1. The Hall–Kier alpha value is -0.490. The molecule has 2 unspecified atom stereocenters. The van der Waals surface area contributed by atoms with E-state index in [1.807, 2.05) is 0 Å². The fraction of sp³-hybridized carbons (Fsp3) is 1.00. The summed E-state index contributed by atoms with van der Waals surface area (Å²) in [5, 5.41) is 8.21. The van der Waals surface area contributed by atoms with Crippen molar-refractivity contribution >= 4 is 11.1 Å². The van der Waals surface area contributed by atoms with Gasteiger partial charge in [0.2, 0.25) is 11.1 Å². The summed E-state index contributed by atoms with van der Waals surface area (Å²) in [5.41, 5.74) is 0. The van der Waals surface area contributed by atoms with Crippen LogP contribution in [0.5, 0.6) is 0 Å². The van der Waals surface area contributed by atoms with E-state index < -0.39 is 21.4 Å². The van der Waals surface area contributed by atoms with Crippen LogP contribution in [0.2, 0.25) is 0 Å². The summed E-state index contributed by atoms with van der Waals surface area (Å²) in [7, 11) is 0. The zero-order chi connectivity index (χ0) is 6.73. The summed E-state index contributed by atoms with van der Waals surface area (Å²) in [5.74, 6) is 0. The third kappa shape index (κ3) is 1.99. The average Bonchev–Trinajstić information content (AvgIpc) is 1.64. The molecule has 0 aromatic heterocycles. The molecule has 2 atom stereocenters. The van der Waals surface area contributed by atoms with Gasteiger partial charge in [-0.25, -0.2) is 4.21 Å². The Labute approximate surface area is 48.1 Å². The van der Waals surface area contributed by atoms with E-state index in [-0.39, 0.29) is 0 Å². The zero-order valence-electron chi connectivity index (χ0n) is 4.10. The van der Waals surface area contributed by atoms with Crippen LogP contribution in [0, 0.1) is 10.1 Å². The summed E-state index contributed by atoms with van der Waals surface area (Å²) >= 11 is -2.34. The maximum absolute atomic E-state index is 9.81. The van der Waals surface area contributed by atoms with E-state index in [0.717, 1.165) is 6.92 Å². The Balaban J connectivity index is 3.83. The van der Waals surface area contributed by atoms with Crippen LogP contribution in [-0.2, 0) is 11.1 Å². The highest BCUT2D eigenvalue weighted by molar-refractivity contribution is 7.79. The molecule has 0 amide bonds. The second-order valence-electron chi connectivity index (χ2n) is 1.16. The molecule has 0 aliphatic heterocycles. The molecule has 0 saturated heterocycles. The highest BCUT2D eigenvalue weighted by Gasteiger charge is 2.18. The minimum Gasteiger partial charge on any atom is -0.301 e. The molecule has 6 heteroatoms. The van der Waals surface area contributed by atoms with Crippen molar-refractivity contribution < 1.29 is 13.7 Å². The first-order valence-electron chi connectivity index (χ1n) is 1.79. The van der Waals surface area contributed by atoms with Crippen molar-refractivity contribution in [2.24, 2.45) is 0 Å². The number of rotatable bonds is 2. The molecule has 0 fully saturated rings. The summed E-state index contributed by atoms with van der Waals surface area (Å²) in [6, 6.07) is 0. The highest BCUT2D eigenvalue weighted by atomic mass is 32.2. The third-order valence-corrected chi connectivity index (χ3v) is 1.34. The van der Waals surface area contributed by atoms with Gasteiger partial charge < -0.3 is 4.55 Å². The normalized spacial score (nSPS) is 17.2. The summed E-state index contributed by atoms with van der Waals surface area (Å²) in [6.45, 7) is 1.07. The zero-order valence-corrected chi connectivity index (χ0v) is 4.92. The standard InChI is InChI=1S/C2H5NO4S/c1-2(3(4)5)8(6)7/h2H,1H3,(H,6,7). The number of hydrogen-bond donors (Lipinski definition) is 1. The molecule has 1 N–H and O–H groups in total. The van der Waals surface area contributed by atoms with E-state index in [4.69, 9.17) is 4.55 Å². The van der Waals surface area contributed by atoms with Crippen molar-refractivity contribution in [1.29, 1.82) is 0 Å². The molecule has 0 aliphatic rings. The first-order chi connectivity index (χ1) is 3.55. The van der Waals surface area contributed by atoms with Gasteiger partial charge in [0.05, 0.1) is 0 Å². The van der Waals surface area contributed by atoms with Crippen LogP contribution >= 0.6 is 0 Å². The molecule has 0 aromatic rings. The van der Waals surface area contributed by atoms with Gasteiger partial charge in [-0.05, 0) is 0 Å². The Morgan fingerprint density at radius 1 is 1.88 bits per heavy atom. The monoisotopic (exact) mass is 139 g/mol. The molecule has 0 bridgehead atoms. The van der Waals surface area contributed by atoms with E-state index in [1.54, 1.807) is 0 Å². The molecule has 0 spiro atoms. The minimum atomic E-state index is -2.34. The lowest BCUT2D eigenvalue weighted by Crippen LogP contribution is -2.19. The van der Waals surface area contributed by atoms with Crippen LogP contribution in [0.1, 0.15) is 6.92 Å². The van der Waals surface area contributed by atoms with Crippen molar-refractivity contribution in [3.63, 3.8) is 0 Å². The van der Waals surface area contributed by atoms with E-state index in [2.05, 4.69) is 0 Å². The van der Waals surface area contributed by atoms with E-state index in [1.165, 1.54) is 0 Å². The molecule has 0 aromatic carbocycles. The molecular weight excluding hydrogens is 134 g/mol. The van der Waals surface area contributed by atoms with E-state index >= 15 is 0 Å². The number of hydrogen-bond acceptors (Lipinski definition) is 3. The lowest BCUT2D eigenvalue weighted by Gasteiger charge is -1.93. The van der Waals surface area contributed by atoms with Crippen LogP contribution < -0.4 is 0 Å². The lowest BCUT2D eigenvalue weighted by atomic mass is 10.8. The maximum Gasteiger partial charge on any atom is 0.307 e. The fourth-order valence-electron chi connectivity index (χ4n) is 0.0736. The van der Waals surface area contributed by atoms with Crippen LogP contribution in [0.15, 0.2) is 0 Å². The van der Waals surface area contributed by atoms with Gasteiger partial charge in [-0.2, -0.15) is 0 Å². The van der Waals surface area contributed by atoms with Gasteiger partial charge in [0, 0.05) is 11.8 Å². The average molecular weight is 139 g/mol. The largest absolute Gasteiger partial charge is 0.307 e. The van der Waals surface area contributed by atoms with Gasteiger partial charge in [-0.15, -0.1) is 0 Å². The fourth-order valence-corrected chi connectivity index (χ4v) is 0.221. The van der Waals surface area contributed by atoms with Crippen molar-refractivity contribution in [2.75, 3.05) is 0 Å². The Morgan fingerprint density at radius 3 is 2.25 bits per heavy atom. The highest BCUT2D eigenvalue weighted by Crippen LogP contribution is 1.90. The second-order valence-corrected chi connectivity index (χ2v) is 2.40. The molecule has 0 saturated carbocycles. The van der Waals surface area contributed by atoms with Gasteiger partial charge >= 0.3 is 5.37 Å². The lowest BCUT2D eigenvalue weighted by molar-refractivity contribution is -0.493. The first-order valence-corrected chi connectivity index (χ1v) is 2.96. The Bertz CT molecular complexity index is 109. The van der Waals surface area contributed by atoms with Gasteiger partial charge in [-0.3, -0.25) is 10.1 Å². The molecule has 0 rings (SSSR count). The van der Waals surface area contributed by atoms with Crippen molar-refractivity contribution in [2.45, 2.75) is 12.3 Å². The minimum absolute atomic E-state index is 0.809. The molecular formula is C2H5NO4S. The summed E-state index contributed by atoms with van der Waals surface area (Å²) in [6.07, 6.45) is 0. The molecule has 8 heavy (non-hydrogen) atoms. The predicted molar refractivity (Wildman–Crippen MR) is 27.2 cm³/mol. The van der Waals surface area contributed by atoms with Crippen molar-refractivity contribution in [3.8, 4) is 0 Å². The molecule has 0 heterocycles. The molecule has 0 radical (unpaired) electrons. The van der Waals surface area contributed by atoms with Crippen molar-refractivity contribution in [3.05, 3.63) is 10.1 Å². The van der Waals surface area contributed by atoms with Crippen molar-refractivity contribution in [1.82, 2.24) is 0 Å². The quantitative estimate of drug-likeness (QED) is 0.327. The summed E-state index contributed by atoms with van der Waals surface area (Å²) in [4.78, 5) is 8.78. The predicted octanol–water partition coefficient (Wildman–Crippen LogP) is -0.169. The van der Waals surface area contributed by atoms with Gasteiger partial charge in [0.25, 0.3) is 0 Å². The SMILES string of the molecule is CC([N+](=O)[O-])S(=O)O. The van der Waals surface area contributed by atoms with Gasteiger partial charge in [-0.1, -0.05) is 0 Å². The first kappa shape index (κ1) is 7.51. The van der Waals surface area contributed by atoms with E-state index in [9.17, 15) is 14.3 Å². The second kappa shape index (κ2) is 2.73. The Kier molecular flexibility index (Phi) is 2.56.